The van der Waals surface area contributed by atoms with E-state index in [1.807, 2.05) is 0 Å². The van der Waals surface area contributed by atoms with Crippen LogP contribution in [0.3, 0.4) is 0 Å². The number of alkyl halides is 6. The van der Waals surface area contributed by atoms with E-state index in [1.165, 1.54) is 12.4 Å². The van der Waals surface area contributed by atoms with Crippen molar-refractivity contribution in [3.8, 4) is 0 Å². The first-order chi connectivity index (χ1) is 14.6. The Bertz CT molecular complexity index is 1030. The minimum atomic E-state index is -4.78. The molecule has 0 saturated heterocycles. The second-order valence-corrected chi connectivity index (χ2v) is 6.59. The van der Waals surface area contributed by atoms with Gasteiger partial charge in [-0.1, -0.05) is 18.2 Å². The largest absolute Gasteiger partial charge is 0.418 e. The predicted octanol–water partition coefficient (Wildman–Crippen LogP) is 4.96. The third-order valence-electron chi connectivity index (χ3n) is 4.38. The highest BCUT2D eigenvalue weighted by Gasteiger charge is 2.37. The molecule has 1 amide bonds. The molecule has 31 heavy (non-hydrogen) atoms. The van der Waals surface area contributed by atoms with E-state index in [-0.39, 0.29) is 12.0 Å². The number of hydrogen-bond acceptors (Lipinski definition) is 3. The minimum absolute atomic E-state index is 0.0248. The third kappa shape index (κ3) is 5.59. The van der Waals surface area contributed by atoms with E-state index in [0.29, 0.717) is 5.56 Å². The number of aromatic nitrogens is 2. The fourth-order valence-corrected chi connectivity index (χ4v) is 2.96. The van der Waals surface area contributed by atoms with Gasteiger partial charge in [0.25, 0.3) is 0 Å². The fourth-order valence-electron chi connectivity index (χ4n) is 2.96. The molecule has 162 valence electrons. The highest BCUT2D eigenvalue weighted by Crippen LogP contribution is 2.36. The van der Waals surface area contributed by atoms with Crippen LogP contribution in [0.15, 0.2) is 67.1 Å². The van der Waals surface area contributed by atoms with Crippen LogP contribution in [0.25, 0.3) is 0 Å². The molecule has 0 fully saturated rings. The highest BCUT2D eigenvalue weighted by atomic mass is 19.4. The van der Waals surface area contributed by atoms with Gasteiger partial charge in [-0.2, -0.15) is 26.3 Å². The summed E-state index contributed by atoms with van der Waals surface area (Å²) < 4.78 is 79.2. The van der Waals surface area contributed by atoms with Gasteiger partial charge in [0.05, 0.1) is 29.3 Å². The number of pyridine rings is 2. The van der Waals surface area contributed by atoms with Gasteiger partial charge in [0.1, 0.15) is 0 Å². The van der Waals surface area contributed by atoms with Crippen LogP contribution in [0.1, 0.15) is 34.0 Å². The quantitative estimate of drug-likeness (QED) is 0.572. The zero-order chi connectivity index (χ0) is 22.6. The number of carbonyl (C=O) groups is 1. The molecule has 0 saturated carbocycles. The molecule has 2 aromatic heterocycles. The van der Waals surface area contributed by atoms with Crippen molar-refractivity contribution < 1.29 is 31.1 Å². The van der Waals surface area contributed by atoms with E-state index in [0.717, 1.165) is 42.6 Å². The molecule has 3 rings (SSSR count). The summed E-state index contributed by atoms with van der Waals surface area (Å²) >= 11 is 0. The van der Waals surface area contributed by atoms with Crippen LogP contribution >= 0.6 is 0 Å². The minimum Gasteiger partial charge on any atom is -0.343 e. The summed E-state index contributed by atoms with van der Waals surface area (Å²) in [5, 5.41) is 2.46. The Hall–Kier alpha value is -3.43. The van der Waals surface area contributed by atoms with Crippen LogP contribution in [0.4, 0.5) is 26.3 Å². The zero-order valence-corrected chi connectivity index (χ0v) is 15.7. The number of nitrogens with zero attached hydrogens (tertiary/aromatic N) is 2. The molecule has 0 unspecified atom stereocenters. The van der Waals surface area contributed by atoms with Crippen molar-refractivity contribution in [1.29, 1.82) is 0 Å². The van der Waals surface area contributed by atoms with Crippen LogP contribution in [-0.2, 0) is 23.6 Å². The molecule has 0 spiro atoms. The van der Waals surface area contributed by atoms with Crippen LogP contribution in [0.2, 0.25) is 0 Å². The van der Waals surface area contributed by atoms with Gasteiger partial charge in [-0.3, -0.25) is 14.8 Å². The van der Waals surface area contributed by atoms with Crippen molar-refractivity contribution in [2.45, 2.75) is 24.8 Å². The van der Waals surface area contributed by atoms with Crippen LogP contribution in [0.5, 0.6) is 0 Å². The Morgan fingerprint density at radius 3 is 2.16 bits per heavy atom. The van der Waals surface area contributed by atoms with Crippen LogP contribution < -0.4 is 5.32 Å². The third-order valence-corrected chi connectivity index (χ3v) is 4.38. The number of halogens is 6. The number of rotatable bonds is 5. The maximum atomic E-state index is 13.5. The maximum Gasteiger partial charge on any atom is 0.418 e. The van der Waals surface area contributed by atoms with Gasteiger partial charge in [0, 0.05) is 18.6 Å². The summed E-state index contributed by atoms with van der Waals surface area (Å²) in [7, 11) is 0. The number of hydrogen-bond donors (Lipinski definition) is 1. The molecular formula is C21H15F6N3O. The fraction of sp³-hybridized carbons (Fsp3) is 0.190. The number of carbonyl (C=O) groups excluding carboxylic acids is 1. The monoisotopic (exact) mass is 439 g/mol. The summed E-state index contributed by atoms with van der Waals surface area (Å²) in [6.45, 7) is 0. The number of amides is 1. The summed E-state index contributed by atoms with van der Waals surface area (Å²) in [4.78, 5) is 20.2. The Morgan fingerprint density at radius 2 is 1.58 bits per heavy atom. The molecule has 1 N–H and O–H groups in total. The van der Waals surface area contributed by atoms with Gasteiger partial charge < -0.3 is 5.32 Å². The van der Waals surface area contributed by atoms with E-state index in [9.17, 15) is 31.1 Å². The molecule has 0 bridgehead atoms. The van der Waals surface area contributed by atoms with E-state index in [4.69, 9.17) is 0 Å². The van der Waals surface area contributed by atoms with Gasteiger partial charge in [-0.25, -0.2) is 0 Å². The lowest BCUT2D eigenvalue weighted by Gasteiger charge is -2.23. The predicted molar refractivity (Wildman–Crippen MR) is 98.6 cm³/mol. The Morgan fingerprint density at radius 1 is 0.903 bits per heavy atom. The first-order valence-electron chi connectivity index (χ1n) is 8.93. The van der Waals surface area contributed by atoms with Crippen molar-refractivity contribution in [3.05, 3.63) is 95.1 Å². The maximum absolute atomic E-state index is 13.5. The van der Waals surface area contributed by atoms with Crippen molar-refractivity contribution in [3.63, 3.8) is 0 Å². The van der Waals surface area contributed by atoms with Gasteiger partial charge in [-0.15, -0.1) is 0 Å². The first kappa shape index (κ1) is 22.3. The second kappa shape index (κ2) is 8.75. The molecule has 4 nitrogen and oxygen atoms in total. The van der Waals surface area contributed by atoms with E-state index in [1.54, 1.807) is 12.1 Å². The van der Waals surface area contributed by atoms with Crippen molar-refractivity contribution >= 4 is 5.91 Å². The van der Waals surface area contributed by atoms with Gasteiger partial charge in [0.15, 0.2) is 0 Å². The highest BCUT2D eigenvalue weighted by molar-refractivity contribution is 5.79. The number of benzene rings is 1. The smallest absolute Gasteiger partial charge is 0.343 e. The van der Waals surface area contributed by atoms with Crippen LogP contribution in [0, 0.1) is 0 Å². The summed E-state index contributed by atoms with van der Waals surface area (Å²) in [6.07, 6.45) is -5.53. The molecule has 0 aliphatic rings. The van der Waals surface area contributed by atoms with Crippen LogP contribution in [-0.4, -0.2) is 15.9 Å². The average molecular weight is 439 g/mol. The average Bonchev–Trinajstić information content (AvgIpc) is 2.72. The normalized spacial score (nSPS) is 13.0. The molecule has 1 atom stereocenters. The lowest BCUT2D eigenvalue weighted by molar-refractivity contribution is -0.139. The summed E-state index contributed by atoms with van der Waals surface area (Å²) in [5.74, 6) is -0.642. The van der Waals surface area contributed by atoms with E-state index < -0.39 is 41.1 Å². The van der Waals surface area contributed by atoms with Crippen molar-refractivity contribution in [1.82, 2.24) is 15.3 Å². The Labute approximate surface area is 173 Å². The zero-order valence-electron chi connectivity index (χ0n) is 15.7. The molecule has 0 aliphatic heterocycles. The van der Waals surface area contributed by atoms with E-state index in [2.05, 4.69) is 15.3 Å². The number of nitrogens with one attached hydrogen (secondary N) is 1. The lowest BCUT2D eigenvalue weighted by Crippen LogP contribution is -2.32. The van der Waals surface area contributed by atoms with Crippen molar-refractivity contribution in [2.75, 3.05) is 0 Å². The SMILES string of the molecule is O=C(Cc1cccnc1)N[C@@H](c1ccc(C(F)(F)F)cc1)c1ncccc1C(F)(F)F. The van der Waals surface area contributed by atoms with E-state index >= 15 is 0 Å². The first-order valence-corrected chi connectivity index (χ1v) is 8.93. The van der Waals surface area contributed by atoms with Gasteiger partial charge in [-0.05, 0) is 41.5 Å². The summed E-state index contributed by atoms with van der Waals surface area (Å²) in [6, 6.07) is 7.21. The standard InChI is InChI=1S/C21H15F6N3O/c22-20(23,24)15-7-5-14(6-8-15)18(19-16(21(25,26)27)4-2-10-29-19)30-17(31)11-13-3-1-9-28-12-13/h1-10,12,18H,11H2,(H,30,31)/t18-/m0/s1. The van der Waals surface area contributed by atoms with Gasteiger partial charge in [0.2, 0.25) is 5.91 Å². The summed E-state index contributed by atoms with van der Waals surface area (Å²) in [5.41, 5.74) is -2.04. The molecule has 10 heteroatoms. The van der Waals surface area contributed by atoms with Gasteiger partial charge >= 0.3 is 12.4 Å². The molecule has 3 aromatic rings. The Kier molecular flexibility index (Phi) is 6.28. The molecule has 2 heterocycles. The second-order valence-electron chi connectivity index (χ2n) is 6.59. The molecule has 0 radical (unpaired) electrons. The molecule has 0 aliphatic carbocycles. The van der Waals surface area contributed by atoms with Crippen molar-refractivity contribution in [2.24, 2.45) is 0 Å². The molecular weight excluding hydrogens is 424 g/mol. The topological polar surface area (TPSA) is 54.9 Å². The lowest BCUT2D eigenvalue weighted by atomic mass is 9.97. The Balaban J connectivity index is 2.00. The molecule has 1 aromatic carbocycles.